The zero-order chi connectivity index (χ0) is 13.9. The molecule has 2 aromatic rings. The van der Waals surface area contributed by atoms with Crippen LogP contribution in [0.3, 0.4) is 0 Å². The molecule has 104 valence electrons. The number of hydrogen-bond donors (Lipinski definition) is 2. The zero-order valence-electron chi connectivity index (χ0n) is 10.3. The molecule has 0 aliphatic carbocycles. The quantitative estimate of drug-likeness (QED) is 0.822. The fourth-order valence-electron chi connectivity index (χ4n) is 1.70. The van der Waals surface area contributed by atoms with Crippen LogP contribution in [0.15, 0.2) is 18.2 Å². The van der Waals surface area contributed by atoms with Gasteiger partial charge in [0, 0.05) is 13.7 Å². The highest BCUT2D eigenvalue weighted by molar-refractivity contribution is 5.76. The molecule has 0 atom stereocenters. The Morgan fingerprint density at radius 3 is 2.84 bits per heavy atom. The number of aromatic nitrogens is 2. The van der Waals surface area contributed by atoms with Gasteiger partial charge in [-0.05, 0) is 18.2 Å². The lowest BCUT2D eigenvalue weighted by atomic mass is 10.2. The van der Waals surface area contributed by atoms with Gasteiger partial charge in [-0.2, -0.15) is 13.2 Å². The Balaban J connectivity index is 2.12. The van der Waals surface area contributed by atoms with Crippen molar-refractivity contribution in [1.82, 2.24) is 15.3 Å². The van der Waals surface area contributed by atoms with Crippen molar-refractivity contribution < 1.29 is 17.9 Å². The van der Waals surface area contributed by atoms with E-state index in [-0.39, 0.29) is 0 Å². The molecule has 1 aromatic carbocycles. The molecule has 0 bridgehead atoms. The van der Waals surface area contributed by atoms with Gasteiger partial charge < -0.3 is 15.0 Å². The fourth-order valence-corrected chi connectivity index (χ4v) is 1.70. The van der Waals surface area contributed by atoms with E-state index in [2.05, 4.69) is 15.3 Å². The number of nitrogens with one attached hydrogen (secondary N) is 2. The van der Waals surface area contributed by atoms with Gasteiger partial charge in [-0.1, -0.05) is 0 Å². The summed E-state index contributed by atoms with van der Waals surface area (Å²) in [6, 6.07) is 3.47. The SMILES string of the molecule is COCCNCc1nc2ccc(C(F)(F)F)cc2[nH]1. The number of nitrogens with zero attached hydrogens (tertiary/aromatic N) is 1. The Morgan fingerprint density at radius 1 is 1.37 bits per heavy atom. The molecule has 1 aromatic heterocycles. The number of benzene rings is 1. The minimum atomic E-state index is -4.34. The fraction of sp³-hybridized carbons (Fsp3) is 0.417. The summed E-state index contributed by atoms with van der Waals surface area (Å²) < 4.78 is 42.5. The first-order chi connectivity index (χ1) is 9.00. The minimum absolute atomic E-state index is 0.387. The predicted octanol–water partition coefficient (Wildman–Crippen LogP) is 2.32. The Bertz CT molecular complexity index is 551. The van der Waals surface area contributed by atoms with E-state index in [4.69, 9.17) is 4.74 Å². The van der Waals surface area contributed by atoms with Crippen molar-refractivity contribution in [2.75, 3.05) is 20.3 Å². The van der Waals surface area contributed by atoms with Crippen LogP contribution in [0.4, 0.5) is 13.2 Å². The van der Waals surface area contributed by atoms with Crippen molar-refractivity contribution in [3.05, 3.63) is 29.6 Å². The largest absolute Gasteiger partial charge is 0.416 e. The first-order valence-corrected chi connectivity index (χ1v) is 5.76. The molecule has 0 aliphatic rings. The lowest BCUT2D eigenvalue weighted by Crippen LogP contribution is -2.19. The second-order valence-corrected chi connectivity index (χ2v) is 4.08. The van der Waals surface area contributed by atoms with E-state index in [1.54, 1.807) is 7.11 Å². The maximum atomic E-state index is 12.5. The molecule has 4 nitrogen and oxygen atoms in total. The molecule has 0 aliphatic heterocycles. The normalized spacial score (nSPS) is 12.2. The van der Waals surface area contributed by atoms with E-state index in [0.717, 1.165) is 12.1 Å². The summed E-state index contributed by atoms with van der Waals surface area (Å²) in [7, 11) is 1.60. The Labute approximate surface area is 108 Å². The van der Waals surface area contributed by atoms with Gasteiger partial charge in [-0.25, -0.2) is 4.98 Å². The number of H-pyrrole nitrogens is 1. The topological polar surface area (TPSA) is 49.9 Å². The summed E-state index contributed by atoms with van der Waals surface area (Å²) in [5, 5.41) is 3.07. The van der Waals surface area contributed by atoms with Gasteiger partial charge >= 0.3 is 6.18 Å². The molecular weight excluding hydrogens is 259 g/mol. The summed E-state index contributed by atoms with van der Waals surface area (Å²) in [6.45, 7) is 1.68. The predicted molar refractivity (Wildman–Crippen MR) is 64.7 cm³/mol. The Kier molecular flexibility index (Phi) is 4.06. The lowest BCUT2D eigenvalue weighted by molar-refractivity contribution is -0.137. The van der Waals surface area contributed by atoms with Gasteiger partial charge in [0.15, 0.2) is 0 Å². The average Bonchev–Trinajstić information content (AvgIpc) is 2.75. The molecule has 2 N–H and O–H groups in total. The molecule has 0 fully saturated rings. The third-order valence-electron chi connectivity index (χ3n) is 2.63. The highest BCUT2D eigenvalue weighted by Gasteiger charge is 2.30. The van der Waals surface area contributed by atoms with Crippen molar-refractivity contribution in [2.45, 2.75) is 12.7 Å². The van der Waals surface area contributed by atoms with Crippen LogP contribution < -0.4 is 5.32 Å². The van der Waals surface area contributed by atoms with E-state index in [9.17, 15) is 13.2 Å². The maximum absolute atomic E-state index is 12.5. The molecular formula is C12H14F3N3O. The summed E-state index contributed by atoms with van der Waals surface area (Å²) in [5.41, 5.74) is 0.234. The van der Waals surface area contributed by atoms with Gasteiger partial charge in [0.05, 0.1) is 29.7 Å². The van der Waals surface area contributed by atoms with Gasteiger partial charge in [0.25, 0.3) is 0 Å². The molecule has 0 amide bonds. The van der Waals surface area contributed by atoms with Crippen LogP contribution in [0.5, 0.6) is 0 Å². The molecule has 0 unspecified atom stereocenters. The van der Waals surface area contributed by atoms with Gasteiger partial charge in [0.1, 0.15) is 5.82 Å². The summed E-state index contributed by atoms with van der Waals surface area (Å²) in [6.07, 6.45) is -4.34. The molecule has 1 heterocycles. The van der Waals surface area contributed by atoms with E-state index in [1.165, 1.54) is 6.07 Å². The zero-order valence-corrected chi connectivity index (χ0v) is 10.3. The number of halogens is 3. The van der Waals surface area contributed by atoms with Crippen molar-refractivity contribution in [2.24, 2.45) is 0 Å². The molecule has 0 radical (unpaired) electrons. The number of fused-ring (bicyclic) bond motifs is 1. The highest BCUT2D eigenvalue weighted by Crippen LogP contribution is 2.30. The third kappa shape index (κ3) is 3.45. The van der Waals surface area contributed by atoms with Crippen molar-refractivity contribution in [3.8, 4) is 0 Å². The van der Waals surface area contributed by atoms with E-state index < -0.39 is 11.7 Å². The van der Waals surface area contributed by atoms with E-state index in [1.807, 2.05) is 0 Å². The molecule has 0 spiro atoms. The van der Waals surface area contributed by atoms with Crippen LogP contribution in [0.1, 0.15) is 11.4 Å². The van der Waals surface area contributed by atoms with Crippen LogP contribution in [0, 0.1) is 0 Å². The highest BCUT2D eigenvalue weighted by atomic mass is 19.4. The average molecular weight is 273 g/mol. The summed E-state index contributed by atoms with van der Waals surface area (Å²) >= 11 is 0. The number of aromatic amines is 1. The Morgan fingerprint density at radius 2 is 2.16 bits per heavy atom. The first kappa shape index (κ1) is 13.8. The molecule has 0 saturated heterocycles. The number of ether oxygens (including phenoxy) is 1. The van der Waals surface area contributed by atoms with Crippen molar-refractivity contribution in [1.29, 1.82) is 0 Å². The maximum Gasteiger partial charge on any atom is 0.416 e. The summed E-state index contributed by atoms with van der Waals surface area (Å²) in [4.78, 5) is 7.08. The van der Waals surface area contributed by atoms with Gasteiger partial charge in [-0.3, -0.25) is 0 Å². The van der Waals surface area contributed by atoms with Gasteiger partial charge in [-0.15, -0.1) is 0 Å². The third-order valence-corrected chi connectivity index (χ3v) is 2.63. The molecule has 7 heteroatoms. The second-order valence-electron chi connectivity index (χ2n) is 4.08. The first-order valence-electron chi connectivity index (χ1n) is 5.76. The smallest absolute Gasteiger partial charge is 0.383 e. The van der Waals surface area contributed by atoms with E-state index in [0.29, 0.717) is 36.6 Å². The van der Waals surface area contributed by atoms with Crippen LogP contribution in [0.2, 0.25) is 0 Å². The van der Waals surface area contributed by atoms with E-state index >= 15 is 0 Å². The van der Waals surface area contributed by atoms with Gasteiger partial charge in [0.2, 0.25) is 0 Å². The van der Waals surface area contributed by atoms with Crippen LogP contribution in [0.25, 0.3) is 11.0 Å². The van der Waals surface area contributed by atoms with Crippen LogP contribution in [-0.2, 0) is 17.5 Å². The molecule has 19 heavy (non-hydrogen) atoms. The second kappa shape index (κ2) is 5.58. The molecule has 2 rings (SSSR count). The number of imidazole rings is 1. The number of methoxy groups -OCH3 is 1. The summed E-state index contributed by atoms with van der Waals surface area (Å²) in [5.74, 6) is 0.602. The lowest BCUT2D eigenvalue weighted by Gasteiger charge is -2.05. The Hall–Kier alpha value is -1.60. The minimum Gasteiger partial charge on any atom is -0.383 e. The van der Waals surface area contributed by atoms with Crippen molar-refractivity contribution in [3.63, 3.8) is 0 Å². The molecule has 0 saturated carbocycles. The monoisotopic (exact) mass is 273 g/mol. The number of rotatable bonds is 5. The standard InChI is InChI=1S/C12H14F3N3O/c1-19-5-4-16-7-11-17-9-3-2-8(12(13,14)15)6-10(9)18-11/h2-3,6,16H,4-5,7H2,1H3,(H,17,18). The van der Waals surface area contributed by atoms with Crippen LogP contribution >= 0.6 is 0 Å². The number of hydrogen-bond acceptors (Lipinski definition) is 3. The van der Waals surface area contributed by atoms with Crippen LogP contribution in [-0.4, -0.2) is 30.2 Å². The van der Waals surface area contributed by atoms with Crippen molar-refractivity contribution >= 4 is 11.0 Å². The number of alkyl halides is 3.